The fraction of sp³-hybridized carbons (Fsp3) is 0.188. The lowest BCUT2D eigenvalue weighted by Crippen LogP contribution is -2.11. The maximum atomic E-state index is 12.8. The number of hydrogen-bond donors (Lipinski definition) is 1. The summed E-state index contributed by atoms with van der Waals surface area (Å²) >= 11 is 11.3. The van der Waals surface area contributed by atoms with Crippen molar-refractivity contribution in [2.45, 2.75) is 18.5 Å². The maximum absolute atomic E-state index is 12.8. The van der Waals surface area contributed by atoms with Crippen LogP contribution in [0.3, 0.4) is 0 Å². The predicted octanol–water partition coefficient (Wildman–Crippen LogP) is 7.50. The van der Waals surface area contributed by atoms with Gasteiger partial charge in [-0.2, -0.15) is 44.6 Å². The number of halogens is 11. The molecule has 2 aromatic rings. The molecular weight excluding hydrogens is 462 g/mol. The Kier molecular flexibility index (Phi) is 6.34. The monoisotopic (exact) mass is 468 g/mol. The summed E-state index contributed by atoms with van der Waals surface area (Å²) in [6.07, 6.45) is -14.2. The zero-order valence-electron chi connectivity index (χ0n) is 13.6. The van der Waals surface area contributed by atoms with Gasteiger partial charge in [0.2, 0.25) is 0 Å². The van der Waals surface area contributed by atoms with Crippen LogP contribution in [0.5, 0.6) is 0 Å². The summed E-state index contributed by atoms with van der Waals surface area (Å²) in [5.74, 6) is 0. The summed E-state index contributed by atoms with van der Waals surface area (Å²) in [7, 11) is 0. The third-order valence-corrected chi connectivity index (χ3v) is 3.97. The van der Waals surface area contributed by atoms with Crippen molar-refractivity contribution in [2.75, 3.05) is 5.43 Å². The van der Waals surface area contributed by atoms with E-state index in [9.17, 15) is 39.5 Å². The fourth-order valence-corrected chi connectivity index (χ4v) is 2.64. The van der Waals surface area contributed by atoms with Crippen LogP contribution in [0.4, 0.5) is 45.2 Å². The maximum Gasteiger partial charge on any atom is 0.416 e. The molecule has 0 amide bonds. The zero-order valence-corrected chi connectivity index (χ0v) is 15.1. The Labute approximate surface area is 166 Å². The normalized spacial score (nSPS) is 13.2. The minimum atomic E-state index is -5.04. The van der Waals surface area contributed by atoms with Crippen molar-refractivity contribution >= 4 is 35.1 Å². The highest BCUT2D eigenvalue weighted by atomic mass is 35.5. The van der Waals surface area contributed by atoms with Gasteiger partial charge in [-0.15, -0.1) is 0 Å². The molecule has 13 heteroatoms. The van der Waals surface area contributed by atoms with Crippen molar-refractivity contribution in [3.05, 3.63) is 62.6 Å². The van der Waals surface area contributed by atoms with Crippen LogP contribution in [0.25, 0.3) is 0 Å². The molecule has 158 valence electrons. The average Bonchev–Trinajstić information content (AvgIpc) is 2.54. The Morgan fingerprint density at radius 3 is 1.41 bits per heavy atom. The van der Waals surface area contributed by atoms with Gasteiger partial charge in [-0.05, 0) is 35.9 Å². The Morgan fingerprint density at radius 1 is 0.655 bits per heavy atom. The van der Waals surface area contributed by atoms with Crippen LogP contribution in [0.2, 0.25) is 10.0 Å². The van der Waals surface area contributed by atoms with Gasteiger partial charge in [0.1, 0.15) is 0 Å². The third-order valence-electron chi connectivity index (χ3n) is 3.37. The SMILES string of the molecule is FC(F)(F)c1cc(/C=N/Nc2c(Cl)cc(C(F)(F)F)cc2Cl)cc(C(F)(F)F)c1. The summed E-state index contributed by atoms with van der Waals surface area (Å²) in [6, 6.07) is 1.82. The van der Waals surface area contributed by atoms with Gasteiger partial charge in [0, 0.05) is 0 Å². The highest BCUT2D eigenvalue weighted by molar-refractivity contribution is 6.39. The van der Waals surface area contributed by atoms with Crippen LogP contribution in [0, 0.1) is 0 Å². The van der Waals surface area contributed by atoms with E-state index in [0.29, 0.717) is 30.5 Å². The summed E-state index contributed by atoms with van der Waals surface area (Å²) in [5, 5.41) is 2.39. The molecule has 0 unspecified atom stereocenters. The largest absolute Gasteiger partial charge is 0.416 e. The zero-order chi connectivity index (χ0) is 22.2. The van der Waals surface area contributed by atoms with Crippen molar-refractivity contribution in [3.8, 4) is 0 Å². The molecule has 0 saturated carbocycles. The molecule has 0 bridgehead atoms. The number of anilines is 1. The molecule has 2 nitrogen and oxygen atoms in total. The van der Waals surface area contributed by atoms with E-state index in [0.717, 1.165) is 0 Å². The van der Waals surface area contributed by atoms with E-state index in [1.807, 2.05) is 0 Å². The van der Waals surface area contributed by atoms with E-state index in [4.69, 9.17) is 23.2 Å². The molecule has 0 aliphatic heterocycles. The Balaban J connectivity index is 2.36. The van der Waals surface area contributed by atoms with Gasteiger partial charge in [-0.25, -0.2) is 0 Å². The topological polar surface area (TPSA) is 24.4 Å². The second-order valence-electron chi connectivity index (χ2n) is 5.52. The quantitative estimate of drug-likeness (QED) is 0.281. The number of hydrogen-bond acceptors (Lipinski definition) is 2. The van der Waals surface area contributed by atoms with Crippen LogP contribution < -0.4 is 5.43 Å². The number of alkyl halides is 9. The number of nitrogens with one attached hydrogen (secondary N) is 1. The van der Waals surface area contributed by atoms with Gasteiger partial charge < -0.3 is 0 Å². The third kappa shape index (κ3) is 5.92. The van der Waals surface area contributed by atoms with Crippen molar-refractivity contribution in [1.29, 1.82) is 0 Å². The molecule has 0 atom stereocenters. The minimum Gasteiger partial charge on any atom is -0.275 e. The highest BCUT2D eigenvalue weighted by Gasteiger charge is 2.36. The first-order chi connectivity index (χ1) is 13.1. The van der Waals surface area contributed by atoms with Gasteiger partial charge in [0.05, 0.1) is 38.6 Å². The molecule has 0 aliphatic rings. The van der Waals surface area contributed by atoms with Crippen molar-refractivity contribution < 1.29 is 39.5 Å². The van der Waals surface area contributed by atoms with E-state index >= 15 is 0 Å². The van der Waals surface area contributed by atoms with E-state index < -0.39 is 50.8 Å². The molecule has 0 spiro atoms. The molecule has 29 heavy (non-hydrogen) atoms. The molecule has 0 fully saturated rings. The molecule has 0 heterocycles. The summed E-state index contributed by atoms with van der Waals surface area (Å²) in [6.45, 7) is 0. The number of benzene rings is 2. The Morgan fingerprint density at radius 2 is 1.03 bits per heavy atom. The first kappa shape index (κ1) is 23.1. The van der Waals surface area contributed by atoms with E-state index in [2.05, 4.69) is 10.5 Å². The van der Waals surface area contributed by atoms with E-state index in [1.165, 1.54) is 0 Å². The lowest BCUT2D eigenvalue weighted by Gasteiger charge is -2.13. The second kappa shape index (κ2) is 7.94. The summed E-state index contributed by atoms with van der Waals surface area (Å²) in [4.78, 5) is 0. The Hall–Kier alpha value is -2.14. The van der Waals surface area contributed by atoms with Crippen LogP contribution >= 0.6 is 23.2 Å². The first-order valence-electron chi connectivity index (χ1n) is 7.24. The van der Waals surface area contributed by atoms with Crippen LogP contribution in [0.1, 0.15) is 22.3 Å². The second-order valence-corrected chi connectivity index (χ2v) is 6.34. The average molecular weight is 469 g/mol. The number of rotatable bonds is 3. The van der Waals surface area contributed by atoms with Crippen molar-refractivity contribution in [1.82, 2.24) is 0 Å². The van der Waals surface area contributed by atoms with Gasteiger partial charge >= 0.3 is 18.5 Å². The van der Waals surface area contributed by atoms with E-state index in [1.54, 1.807) is 0 Å². The van der Waals surface area contributed by atoms with Crippen molar-refractivity contribution in [3.63, 3.8) is 0 Å². The first-order valence-corrected chi connectivity index (χ1v) is 7.99. The molecule has 0 aliphatic carbocycles. The van der Waals surface area contributed by atoms with Crippen LogP contribution in [-0.2, 0) is 18.5 Å². The molecule has 1 N–H and O–H groups in total. The smallest absolute Gasteiger partial charge is 0.275 e. The minimum absolute atomic E-state index is 0.0611. The van der Waals surface area contributed by atoms with Crippen LogP contribution in [-0.4, -0.2) is 6.21 Å². The molecule has 0 saturated heterocycles. The lowest BCUT2D eigenvalue weighted by molar-refractivity contribution is -0.143. The highest BCUT2D eigenvalue weighted by Crippen LogP contribution is 2.39. The van der Waals surface area contributed by atoms with Gasteiger partial charge in [-0.3, -0.25) is 5.43 Å². The van der Waals surface area contributed by atoms with Gasteiger partial charge in [-0.1, -0.05) is 23.2 Å². The van der Waals surface area contributed by atoms with Gasteiger partial charge in [0.25, 0.3) is 0 Å². The van der Waals surface area contributed by atoms with E-state index in [-0.39, 0.29) is 11.8 Å². The van der Waals surface area contributed by atoms with Crippen molar-refractivity contribution in [2.24, 2.45) is 5.10 Å². The molecule has 2 rings (SSSR count). The lowest BCUT2D eigenvalue weighted by atomic mass is 10.1. The summed E-state index contributed by atoms with van der Waals surface area (Å²) in [5.41, 5.74) is -3.06. The predicted molar refractivity (Wildman–Crippen MR) is 89.1 cm³/mol. The Bertz CT molecular complexity index is 876. The molecular formula is C16H7Cl2F9N2. The fourth-order valence-electron chi connectivity index (χ4n) is 2.07. The van der Waals surface area contributed by atoms with Crippen LogP contribution in [0.15, 0.2) is 35.4 Å². The molecule has 0 radical (unpaired) electrons. The number of nitrogens with zero attached hydrogens (tertiary/aromatic N) is 1. The molecule has 0 aromatic heterocycles. The molecule has 2 aromatic carbocycles. The number of hydrazone groups is 1. The summed E-state index contributed by atoms with van der Waals surface area (Å²) < 4.78 is 115. The van der Waals surface area contributed by atoms with Gasteiger partial charge in [0.15, 0.2) is 0 Å². The standard InChI is InChI=1S/C16H7Cl2F9N2/c17-11-4-10(16(25,26)27)5-12(18)13(11)29-28-6-7-1-8(14(19,20)21)3-9(2-7)15(22,23)24/h1-6,29H/b28-6+.